The molecule has 172 valence electrons. The van der Waals surface area contributed by atoms with E-state index in [1.807, 2.05) is 12.1 Å². The van der Waals surface area contributed by atoms with Gasteiger partial charge in [0, 0.05) is 0 Å². The molecule has 2 unspecified atom stereocenters. The van der Waals surface area contributed by atoms with Gasteiger partial charge in [0.1, 0.15) is 0 Å². The second-order valence-electron chi connectivity index (χ2n) is 11.6. The Morgan fingerprint density at radius 1 is 1.00 bits per heavy atom. The summed E-state index contributed by atoms with van der Waals surface area (Å²) in [5, 5.41) is 12.6. The van der Waals surface area contributed by atoms with Crippen LogP contribution in [-0.2, 0) is 4.43 Å². The van der Waals surface area contributed by atoms with E-state index >= 15 is 0 Å². The number of nitrogens with zero attached hydrogens (tertiary/aromatic N) is 1. The molecule has 5 heteroatoms. The van der Waals surface area contributed by atoms with Gasteiger partial charge < -0.3 is 9.53 Å². The molecule has 0 radical (unpaired) electrons. The molecule has 4 rings (SSSR count). The van der Waals surface area contributed by atoms with Crippen LogP contribution in [0.4, 0.5) is 4.79 Å². The van der Waals surface area contributed by atoms with Gasteiger partial charge in [0.05, 0.1) is 18.2 Å². The molecule has 2 fully saturated rings. The fourth-order valence-electron chi connectivity index (χ4n) is 6.38. The number of benzene rings is 2. The van der Waals surface area contributed by atoms with Crippen molar-refractivity contribution in [2.24, 2.45) is 11.3 Å². The Balaban J connectivity index is 1.73. The number of piperidine rings is 1. The third kappa shape index (κ3) is 3.41. The summed E-state index contributed by atoms with van der Waals surface area (Å²) in [6.45, 7) is 13.7. The first-order chi connectivity index (χ1) is 14.9. The molecule has 1 saturated heterocycles. The van der Waals surface area contributed by atoms with E-state index in [4.69, 9.17) is 4.43 Å². The summed E-state index contributed by atoms with van der Waals surface area (Å²) in [6, 6.07) is 21.0. The van der Waals surface area contributed by atoms with Gasteiger partial charge in [0.25, 0.3) is 8.32 Å². The number of hydrogen-bond acceptors (Lipinski definition) is 2. The van der Waals surface area contributed by atoms with E-state index in [1.165, 1.54) is 10.4 Å². The van der Waals surface area contributed by atoms with Gasteiger partial charge in [-0.2, -0.15) is 0 Å². The Bertz CT molecular complexity index is 924. The smallest absolute Gasteiger partial charge is 0.408 e. The number of carbonyl (C=O) groups is 1. The molecule has 1 heterocycles. The molecule has 2 aromatic carbocycles. The van der Waals surface area contributed by atoms with Crippen LogP contribution in [-0.4, -0.2) is 42.6 Å². The molecule has 1 aliphatic carbocycles. The second kappa shape index (κ2) is 7.74. The zero-order valence-corrected chi connectivity index (χ0v) is 21.3. The van der Waals surface area contributed by atoms with Gasteiger partial charge in [-0.3, -0.25) is 4.90 Å². The van der Waals surface area contributed by atoms with Crippen LogP contribution in [0.1, 0.15) is 54.4 Å². The molecule has 0 bridgehead atoms. The first-order valence-corrected chi connectivity index (χ1v) is 13.6. The fraction of sp³-hybridized carbons (Fsp3) is 0.519. The summed E-state index contributed by atoms with van der Waals surface area (Å²) in [5.74, 6) is 0.436. The van der Waals surface area contributed by atoms with Gasteiger partial charge >= 0.3 is 6.09 Å². The van der Waals surface area contributed by atoms with Gasteiger partial charge in [-0.1, -0.05) is 102 Å². The topological polar surface area (TPSA) is 49.8 Å². The Kier molecular flexibility index (Phi) is 5.57. The van der Waals surface area contributed by atoms with Gasteiger partial charge in [-0.15, -0.1) is 0 Å². The third-order valence-electron chi connectivity index (χ3n) is 7.84. The zero-order valence-electron chi connectivity index (χ0n) is 20.3. The molecule has 1 amide bonds. The van der Waals surface area contributed by atoms with Crippen molar-refractivity contribution in [2.75, 3.05) is 6.61 Å². The zero-order chi connectivity index (χ0) is 23.4. The van der Waals surface area contributed by atoms with E-state index in [0.717, 1.165) is 12.8 Å². The van der Waals surface area contributed by atoms with Crippen LogP contribution in [0.15, 0.2) is 60.7 Å². The van der Waals surface area contributed by atoms with Crippen molar-refractivity contribution >= 4 is 24.8 Å². The Labute approximate surface area is 193 Å². The third-order valence-corrected chi connectivity index (χ3v) is 12.8. The first-order valence-electron chi connectivity index (χ1n) is 11.7. The van der Waals surface area contributed by atoms with Crippen molar-refractivity contribution in [2.45, 2.75) is 71.0 Å². The first kappa shape index (κ1) is 23.1. The van der Waals surface area contributed by atoms with Crippen LogP contribution in [0, 0.1) is 11.3 Å². The average Bonchev–Trinajstić information content (AvgIpc) is 3.34. The highest BCUT2D eigenvalue weighted by Gasteiger charge is 2.71. The summed E-state index contributed by atoms with van der Waals surface area (Å²) >= 11 is 0. The maximum Gasteiger partial charge on any atom is 0.408 e. The Morgan fingerprint density at radius 2 is 1.50 bits per heavy atom. The summed E-state index contributed by atoms with van der Waals surface area (Å²) in [6.07, 6.45) is 1.05. The van der Waals surface area contributed by atoms with Crippen molar-refractivity contribution in [3.8, 4) is 0 Å². The molecule has 1 aliphatic heterocycles. The number of amides is 1. The highest BCUT2D eigenvalue weighted by molar-refractivity contribution is 6.99. The number of hydrogen-bond donors (Lipinski definition) is 1. The molecule has 0 spiro atoms. The summed E-state index contributed by atoms with van der Waals surface area (Å²) < 4.78 is 7.09. The van der Waals surface area contributed by atoms with Crippen LogP contribution in [0.3, 0.4) is 0 Å². The van der Waals surface area contributed by atoms with Crippen LogP contribution in [0.5, 0.6) is 0 Å². The average molecular weight is 452 g/mol. The van der Waals surface area contributed by atoms with Crippen LogP contribution in [0.2, 0.25) is 5.04 Å². The van der Waals surface area contributed by atoms with E-state index in [9.17, 15) is 9.90 Å². The van der Waals surface area contributed by atoms with Crippen molar-refractivity contribution < 1.29 is 14.3 Å². The van der Waals surface area contributed by atoms with Crippen LogP contribution >= 0.6 is 0 Å². The Hall–Kier alpha value is -2.11. The van der Waals surface area contributed by atoms with E-state index in [0.29, 0.717) is 12.5 Å². The minimum Gasteiger partial charge on any atom is -0.465 e. The van der Waals surface area contributed by atoms with E-state index in [1.54, 1.807) is 4.90 Å². The molecule has 32 heavy (non-hydrogen) atoms. The lowest BCUT2D eigenvalue weighted by molar-refractivity contribution is 0.0454. The summed E-state index contributed by atoms with van der Waals surface area (Å²) in [4.78, 5) is 14.2. The van der Waals surface area contributed by atoms with Crippen molar-refractivity contribution in [1.29, 1.82) is 0 Å². The normalized spacial score (nSPS) is 25.5. The van der Waals surface area contributed by atoms with Crippen LogP contribution < -0.4 is 10.4 Å². The predicted molar refractivity (Wildman–Crippen MR) is 132 cm³/mol. The van der Waals surface area contributed by atoms with Gasteiger partial charge in [-0.05, 0) is 39.6 Å². The number of carboxylic acid groups (broad SMARTS) is 1. The number of likely N-dealkylation sites (tertiary alicyclic amines) is 1. The fourth-order valence-corrected chi connectivity index (χ4v) is 11.0. The maximum absolute atomic E-state index is 12.4. The highest BCUT2D eigenvalue weighted by Crippen LogP contribution is 2.66. The van der Waals surface area contributed by atoms with Crippen molar-refractivity contribution in [3.05, 3.63) is 60.7 Å². The van der Waals surface area contributed by atoms with E-state index in [-0.39, 0.29) is 22.0 Å². The molecule has 2 aromatic rings. The van der Waals surface area contributed by atoms with Gasteiger partial charge in [-0.25, -0.2) is 4.79 Å². The minimum atomic E-state index is -2.68. The number of rotatable bonds is 5. The lowest BCUT2D eigenvalue weighted by Crippen LogP contribution is -2.67. The monoisotopic (exact) mass is 451 g/mol. The highest BCUT2D eigenvalue weighted by atomic mass is 28.4. The summed E-state index contributed by atoms with van der Waals surface area (Å²) in [5.41, 5.74) is -0.333. The Morgan fingerprint density at radius 3 is 1.91 bits per heavy atom. The molecular weight excluding hydrogens is 414 g/mol. The SMILES string of the molecule is CC(C)(C)C12CC1C[C@H](CO[Si](c1ccccc1)(c1ccccc1)C(C)(C)C)N2C(=O)O. The van der Waals surface area contributed by atoms with Crippen LogP contribution in [0.25, 0.3) is 0 Å². The van der Waals surface area contributed by atoms with Gasteiger partial charge in [0.15, 0.2) is 0 Å². The molecule has 1 saturated carbocycles. The molecule has 3 atom stereocenters. The molecule has 1 N–H and O–H groups in total. The molecule has 4 nitrogen and oxygen atoms in total. The lowest BCUT2D eigenvalue weighted by atomic mass is 9.82. The van der Waals surface area contributed by atoms with E-state index < -0.39 is 14.4 Å². The molecule has 0 aromatic heterocycles. The maximum atomic E-state index is 12.4. The van der Waals surface area contributed by atoms with Crippen molar-refractivity contribution in [3.63, 3.8) is 0 Å². The molecular formula is C27H37NO3Si. The molecule has 2 aliphatic rings. The van der Waals surface area contributed by atoms with Crippen molar-refractivity contribution in [1.82, 2.24) is 4.90 Å². The summed E-state index contributed by atoms with van der Waals surface area (Å²) in [7, 11) is -2.68. The van der Waals surface area contributed by atoms with Gasteiger partial charge in [0.2, 0.25) is 0 Å². The lowest BCUT2D eigenvalue weighted by Gasteiger charge is -2.45. The minimum absolute atomic E-state index is 0.0811. The second-order valence-corrected chi connectivity index (χ2v) is 15.9. The largest absolute Gasteiger partial charge is 0.465 e. The van der Waals surface area contributed by atoms with E-state index in [2.05, 4.69) is 90.1 Å². The number of fused-ring (bicyclic) bond motifs is 1. The quantitative estimate of drug-likeness (QED) is 0.642. The predicted octanol–water partition coefficient (Wildman–Crippen LogP) is 5.12. The standard InChI is InChI=1S/C27H37NO3Si/c1-25(2,3)27-18-20(27)17-21(28(27)24(29)30)19-31-32(26(4,5)6,22-13-9-7-10-14-22)23-15-11-8-12-16-23/h7-16,20-21H,17-19H2,1-6H3,(H,29,30)/t20?,21-,27?/m1/s1.